The van der Waals surface area contributed by atoms with E-state index in [0.717, 1.165) is 22.4 Å². The Morgan fingerprint density at radius 2 is 1.08 bits per heavy atom. The minimum absolute atomic E-state index is 0.169. The third-order valence-corrected chi connectivity index (χ3v) is 5.91. The van der Waals surface area contributed by atoms with Crippen LogP contribution in [0.3, 0.4) is 0 Å². The third-order valence-electron chi connectivity index (χ3n) is 4.57. The third kappa shape index (κ3) is 32.8. The molecule has 26 heavy (non-hydrogen) atoms. The fourth-order valence-corrected chi connectivity index (χ4v) is 2.85. The molecule has 0 fully saturated rings. The number of rotatable bonds is 17. The van der Waals surface area contributed by atoms with Gasteiger partial charge in [0.15, 0.2) is 0 Å². The first-order valence-corrected chi connectivity index (χ1v) is 13.7. The summed E-state index contributed by atoms with van der Waals surface area (Å²) in [5.41, 5.74) is 0. The summed E-state index contributed by atoms with van der Waals surface area (Å²) in [5.74, 6) is 0. The number of phosphoric ester groups is 1. The summed E-state index contributed by atoms with van der Waals surface area (Å²) in [7, 11) is -4.25. The summed E-state index contributed by atoms with van der Waals surface area (Å²) in [6, 6.07) is 0. The van der Waals surface area contributed by atoms with Gasteiger partial charge in [-0.15, -0.1) is 0 Å². The quantitative estimate of drug-likeness (QED) is 0.157. The second-order valence-corrected chi connectivity index (χ2v) is 10.9. The summed E-state index contributed by atoms with van der Waals surface area (Å²) >= 11 is 1.37. The van der Waals surface area contributed by atoms with Crippen LogP contribution in [-0.4, -0.2) is 44.3 Å². The Bertz CT molecular complexity index is 308. The molecule has 0 saturated carbocycles. The van der Waals surface area contributed by atoms with E-state index in [-0.39, 0.29) is 6.61 Å². The predicted molar refractivity (Wildman–Crippen MR) is 114 cm³/mol. The molecule has 1 atom stereocenters. The van der Waals surface area contributed by atoms with Gasteiger partial charge in [0.05, 0.1) is 6.61 Å². The van der Waals surface area contributed by atoms with Crippen LogP contribution in [0, 0.1) is 0 Å². The van der Waals surface area contributed by atoms with Crippen molar-refractivity contribution in [2.75, 3.05) is 6.61 Å². The summed E-state index contributed by atoms with van der Waals surface area (Å²) in [5, 5.41) is 0. The van der Waals surface area contributed by atoms with Gasteiger partial charge >= 0.3 is 59.2 Å². The van der Waals surface area contributed by atoms with E-state index in [2.05, 4.69) is 25.3 Å². The zero-order chi connectivity index (χ0) is 20.1. The van der Waals surface area contributed by atoms with Crippen LogP contribution in [-0.2, 0) is 9.09 Å². The van der Waals surface area contributed by atoms with Crippen molar-refractivity contribution < 1.29 is 18.9 Å². The van der Waals surface area contributed by atoms with E-state index >= 15 is 0 Å². The Labute approximate surface area is 180 Å². The fraction of sp³-hybridized carbons (Fsp3) is 1.00. The molecular weight excluding hydrogens is 358 g/mol. The van der Waals surface area contributed by atoms with E-state index in [1.54, 1.807) is 0 Å². The number of hydrogen-bond donors (Lipinski definition) is 2. The molecular formula is C20H44NaO4P. The van der Waals surface area contributed by atoms with Crippen LogP contribution >= 0.6 is 7.82 Å². The molecule has 0 spiro atoms. The van der Waals surface area contributed by atoms with E-state index in [1.807, 2.05) is 0 Å². The van der Waals surface area contributed by atoms with E-state index in [9.17, 15) is 4.57 Å². The van der Waals surface area contributed by atoms with Crippen molar-refractivity contribution in [1.82, 2.24) is 0 Å². The van der Waals surface area contributed by atoms with E-state index in [0.29, 0.717) is 0 Å². The predicted octanol–water partition coefficient (Wildman–Crippen LogP) is 6.95. The Balaban J connectivity index is 0. The molecule has 0 aromatic heterocycles. The molecule has 0 aromatic rings. The van der Waals surface area contributed by atoms with E-state index < -0.39 is 7.82 Å². The molecule has 0 amide bonds. The molecule has 0 radical (unpaired) electrons. The van der Waals surface area contributed by atoms with Crippen LogP contribution < -0.4 is 0 Å². The van der Waals surface area contributed by atoms with Crippen molar-refractivity contribution in [2.24, 2.45) is 0 Å². The van der Waals surface area contributed by atoms with Gasteiger partial charge in [-0.3, -0.25) is 4.52 Å². The molecule has 1 unspecified atom stereocenters. The standard InChI is InChI=1S/C16H35O4P.C4H9.Na/c1-2-3-4-5-6-7-8-9-10-11-12-13-14-15-16-20-21(17,18)19;1-3-4-2;/h2-16H2,1H3,(H2,17,18,19);3H,4H2,1-2H3;. The summed E-state index contributed by atoms with van der Waals surface area (Å²) in [4.78, 5) is 17.0. The van der Waals surface area contributed by atoms with Gasteiger partial charge in [0.25, 0.3) is 0 Å². The van der Waals surface area contributed by atoms with Crippen LogP contribution in [0.1, 0.15) is 117 Å². The van der Waals surface area contributed by atoms with Crippen molar-refractivity contribution in [3.05, 3.63) is 0 Å². The Morgan fingerprint density at radius 3 is 1.35 bits per heavy atom. The van der Waals surface area contributed by atoms with Crippen molar-refractivity contribution >= 4 is 35.8 Å². The molecule has 154 valence electrons. The molecule has 0 rings (SSSR count). The second-order valence-electron chi connectivity index (χ2n) is 7.72. The van der Waals surface area contributed by atoms with Crippen molar-refractivity contribution in [3.63, 3.8) is 0 Å². The summed E-state index contributed by atoms with van der Waals surface area (Å²) in [6.07, 6.45) is 19.1. The van der Waals surface area contributed by atoms with Gasteiger partial charge in [0.2, 0.25) is 0 Å². The normalized spacial score (nSPS) is 12.6. The molecule has 0 bridgehead atoms. The fourth-order valence-electron chi connectivity index (χ4n) is 2.48. The number of unbranched alkanes of at least 4 members (excludes halogenated alkanes) is 13. The number of phosphoric acid groups is 1. The van der Waals surface area contributed by atoms with Gasteiger partial charge in [-0.2, -0.15) is 0 Å². The molecule has 0 heterocycles. The molecule has 0 aliphatic heterocycles. The Morgan fingerprint density at radius 1 is 0.769 bits per heavy atom. The monoisotopic (exact) mass is 402 g/mol. The Hall–Kier alpha value is 1.11. The maximum absolute atomic E-state index is 10.4. The Kier molecular flexibility index (Phi) is 25.3. The average Bonchev–Trinajstić information content (AvgIpc) is 2.58. The zero-order valence-corrected chi connectivity index (χ0v) is 20.9. The molecule has 0 aliphatic carbocycles. The zero-order valence-electron chi connectivity index (χ0n) is 18.0. The van der Waals surface area contributed by atoms with Crippen LogP contribution in [0.5, 0.6) is 0 Å². The topological polar surface area (TPSA) is 66.8 Å². The maximum atomic E-state index is 10.4. The average molecular weight is 403 g/mol. The molecule has 0 aliphatic rings. The summed E-state index contributed by atoms with van der Waals surface area (Å²) in [6.45, 7) is 6.94. The van der Waals surface area contributed by atoms with Gasteiger partial charge in [-0.05, 0) is 6.42 Å². The van der Waals surface area contributed by atoms with E-state index in [1.165, 1.54) is 105 Å². The van der Waals surface area contributed by atoms with Crippen LogP contribution in [0.15, 0.2) is 0 Å². The van der Waals surface area contributed by atoms with Gasteiger partial charge in [0, 0.05) is 0 Å². The van der Waals surface area contributed by atoms with Gasteiger partial charge in [-0.25, -0.2) is 4.57 Å². The van der Waals surface area contributed by atoms with Crippen molar-refractivity contribution in [1.29, 1.82) is 0 Å². The van der Waals surface area contributed by atoms with Crippen molar-refractivity contribution in [2.45, 2.75) is 120 Å². The minimum atomic E-state index is -4.25. The molecule has 0 aromatic carbocycles. The van der Waals surface area contributed by atoms with Crippen molar-refractivity contribution in [3.8, 4) is 0 Å². The second kappa shape index (κ2) is 22.4. The summed E-state index contributed by atoms with van der Waals surface area (Å²) < 4.78 is 15.9. The SMILES string of the molecule is CCCCCCCCCCCCCCCCOP(=O)(O)O.CC[CH](C)[Na]. The number of hydrogen-bond acceptors (Lipinski definition) is 2. The molecule has 6 heteroatoms. The molecule has 0 saturated heterocycles. The van der Waals surface area contributed by atoms with Crippen LogP contribution in [0.2, 0.25) is 3.17 Å². The van der Waals surface area contributed by atoms with Crippen LogP contribution in [0.4, 0.5) is 0 Å². The van der Waals surface area contributed by atoms with Gasteiger partial charge < -0.3 is 9.79 Å². The molecule has 4 nitrogen and oxygen atoms in total. The van der Waals surface area contributed by atoms with Crippen LogP contribution in [0.25, 0.3) is 0 Å². The van der Waals surface area contributed by atoms with E-state index in [4.69, 9.17) is 9.79 Å². The first kappa shape index (κ1) is 29.3. The van der Waals surface area contributed by atoms with Gasteiger partial charge in [0.1, 0.15) is 0 Å². The first-order valence-electron chi connectivity index (χ1n) is 11.0. The molecule has 2 N–H and O–H groups in total. The first-order chi connectivity index (χ1) is 12.3. The van der Waals surface area contributed by atoms with Gasteiger partial charge in [-0.1, -0.05) is 90.4 Å².